The number of rotatable bonds is 7. The molecule has 0 radical (unpaired) electrons. The van der Waals surface area contributed by atoms with Crippen molar-refractivity contribution in [3.63, 3.8) is 0 Å². The molecular weight excluding hydrogens is 623 g/mol. The number of carbonyl (C=O) groups is 1. The zero-order valence-corrected chi connectivity index (χ0v) is 20.4. The molecule has 0 aliphatic rings. The van der Waals surface area contributed by atoms with E-state index >= 15 is 0 Å². The number of hydrazone groups is 1. The number of nitrogens with one attached hydrogen (secondary N) is 1. The van der Waals surface area contributed by atoms with Gasteiger partial charge < -0.3 is 4.74 Å². The van der Waals surface area contributed by atoms with Gasteiger partial charge in [-0.2, -0.15) is 10.4 Å². The molecule has 0 saturated carbocycles. The molecule has 0 aliphatic carbocycles. The van der Waals surface area contributed by atoms with Crippen LogP contribution in [-0.4, -0.2) is 12.1 Å². The highest BCUT2D eigenvalue weighted by Gasteiger charge is 2.11. The standard InChI is InChI=1S/C23H16FI2N3O2/c24-19-7-5-15(6-8-19)9-22(30)29-28-13-18-10-20(25)11-21(26)23(18)31-14-17-4-2-1-3-16(17)12-27/h1-8,10-11,13H,9,14H2,(H,29,30)/b28-13+. The van der Waals surface area contributed by atoms with Crippen LogP contribution in [0.1, 0.15) is 22.3 Å². The van der Waals surface area contributed by atoms with Gasteiger partial charge in [-0.05, 0) is 81.1 Å². The highest BCUT2D eigenvalue weighted by atomic mass is 127. The topological polar surface area (TPSA) is 74.5 Å². The molecule has 1 amide bonds. The number of nitriles is 1. The third-order valence-corrected chi connectivity index (χ3v) is 5.64. The van der Waals surface area contributed by atoms with Gasteiger partial charge in [-0.3, -0.25) is 4.79 Å². The van der Waals surface area contributed by atoms with Crippen molar-refractivity contribution in [1.29, 1.82) is 5.26 Å². The largest absolute Gasteiger partial charge is 0.487 e. The Bertz CT molecular complexity index is 1160. The fourth-order valence-electron chi connectivity index (χ4n) is 2.73. The monoisotopic (exact) mass is 639 g/mol. The average molecular weight is 639 g/mol. The Balaban J connectivity index is 1.71. The molecule has 0 saturated heterocycles. The lowest BCUT2D eigenvalue weighted by atomic mass is 10.1. The Morgan fingerprint density at radius 2 is 1.90 bits per heavy atom. The van der Waals surface area contributed by atoms with Gasteiger partial charge in [-0.25, -0.2) is 9.82 Å². The molecule has 0 fully saturated rings. The van der Waals surface area contributed by atoms with Gasteiger partial charge in [0.1, 0.15) is 18.2 Å². The molecule has 3 rings (SSSR count). The minimum absolute atomic E-state index is 0.0930. The van der Waals surface area contributed by atoms with E-state index in [1.165, 1.54) is 18.3 Å². The highest BCUT2D eigenvalue weighted by Crippen LogP contribution is 2.28. The Morgan fingerprint density at radius 3 is 2.65 bits per heavy atom. The quantitative estimate of drug-likeness (QED) is 0.220. The van der Waals surface area contributed by atoms with Crippen LogP contribution in [0.5, 0.6) is 5.75 Å². The summed E-state index contributed by atoms with van der Waals surface area (Å²) >= 11 is 4.38. The van der Waals surface area contributed by atoms with Crippen LogP contribution < -0.4 is 10.2 Å². The van der Waals surface area contributed by atoms with E-state index in [1.54, 1.807) is 18.2 Å². The first-order chi connectivity index (χ1) is 15.0. The first kappa shape index (κ1) is 23.1. The molecule has 0 atom stereocenters. The van der Waals surface area contributed by atoms with Gasteiger partial charge >= 0.3 is 0 Å². The maximum Gasteiger partial charge on any atom is 0.244 e. The van der Waals surface area contributed by atoms with E-state index in [0.717, 1.165) is 12.7 Å². The molecule has 0 spiro atoms. The molecule has 3 aromatic carbocycles. The molecule has 0 aliphatic heterocycles. The lowest BCUT2D eigenvalue weighted by molar-refractivity contribution is -0.120. The van der Waals surface area contributed by atoms with E-state index in [-0.39, 0.29) is 24.8 Å². The van der Waals surface area contributed by atoms with Crippen molar-refractivity contribution < 1.29 is 13.9 Å². The van der Waals surface area contributed by atoms with Crippen LogP contribution in [0.25, 0.3) is 0 Å². The van der Waals surface area contributed by atoms with Crippen molar-refractivity contribution in [2.24, 2.45) is 5.10 Å². The third-order valence-electron chi connectivity index (χ3n) is 4.22. The summed E-state index contributed by atoms with van der Waals surface area (Å²) in [6.07, 6.45) is 1.62. The SMILES string of the molecule is N#Cc1ccccc1COc1c(I)cc(I)cc1/C=N/NC(=O)Cc1ccc(F)cc1. The van der Waals surface area contributed by atoms with Gasteiger partial charge in [-0.1, -0.05) is 30.3 Å². The number of hydrogen-bond donors (Lipinski definition) is 1. The van der Waals surface area contributed by atoms with Crippen LogP contribution in [0.3, 0.4) is 0 Å². The van der Waals surface area contributed by atoms with E-state index in [2.05, 4.69) is 61.8 Å². The molecule has 3 aromatic rings. The van der Waals surface area contributed by atoms with Crippen molar-refractivity contribution in [2.75, 3.05) is 0 Å². The second-order valence-corrected chi connectivity index (χ2v) is 8.87. The van der Waals surface area contributed by atoms with Crippen molar-refractivity contribution in [3.8, 4) is 11.8 Å². The molecule has 8 heteroatoms. The normalized spacial score (nSPS) is 10.6. The summed E-state index contributed by atoms with van der Waals surface area (Å²) in [6.45, 7) is 0.234. The van der Waals surface area contributed by atoms with Crippen molar-refractivity contribution in [2.45, 2.75) is 13.0 Å². The molecule has 156 valence electrons. The Kier molecular flexibility index (Phi) is 8.36. The molecule has 0 bridgehead atoms. The maximum absolute atomic E-state index is 13.0. The number of amides is 1. The van der Waals surface area contributed by atoms with Crippen molar-refractivity contribution in [1.82, 2.24) is 5.43 Å². The van der Waals surface area contributed by atoms with Crippen molar-refractivity contribution in [3.05, 3.63) is 95.9 Å². The second kappa shape index (κ2) is 11.2. The average Bonchev–Trinajstić information content (AvgIpc) is 2.75. The van der Waals surface area contributed by atoms with Crippen molar-refractivity contribution >= 4 is 57.3 Å². The van der Waals surface area contributed by atoms with E-state index in [9.17, 15) is 14.4 Å². The van der Waals surface area contributed by atoms with Crippen LogP contribution in [0, 0.1) is 24.3 Å². The number of carbonyl (C=O) groups excluding carboxylic acids is 1. The number of nitrogens with zero attached hydrogens (tertiary/aromatic N) is 2. The van der Waals surface area contributed by atoms with E-state index in [4.69, 9.17) is 4.74 Å². The molecule has 31 heavy (non-hydrogen) atoms. The fraction of sp³-hybridized carbons (Fsp3) is 0.0870. The molecule has 0 heterocycles. The molecule has 1 N–H and O–H groups in total. The van der Waals surface area contributed by atoms with Gasteiger partial charge in [0.25, 0.3) is 0 Å². The fourth-order valence-corrected chi connectivity index (χ4v) is 4.78. The summed E-state index contributed by atoms with van der Waals surface area (Å²) in [6, 6.07) is 19.0. The highest BCUT2D eigenvalue weighted by molar-refractivity contribution is 14.1. The molecule has 0 aromatic heterocycles. The molecule has 0 unspecified atom stereocenters. The van der Waals surface area contributed by atoms with E-state index in [0.29, 0.717) is 22.4 Å². The molecule has 5 nitrogen and oxygen atoms in total. The van der Waals surface area contributed by atoms with E-state index in [1.807, 2.05) is 30.3 Å². The van der Waals surface area contributed by atoms with Crippen LogP contribution in [-0.2, 0) is 17.8 Å². The lowest BCUT2D eigenvalue weighted by Gasteiger charge is -2.13. The number of halogens is 3. The summed E-state index contributed by atoms with van der Waals surface area (Å²) < 4.78 is 20.9. The Morgan fingerprint density at radius 1 is 1.16 bits per heavy atom. The number of hydrogen-bond acceptors (Lipinski definition) is 4. The van der Waals surface area contributed by atoms with Crippen LogP contribution >= 0.6 is 45.2 Å². The minimum Gasteiger partial charge on any atom is -0.487 e. The van der Waals surface area contributed by atoms with E-state index < -0.39 is 0 Å². The second-order valence-electron chi connectivity index (χ2n) is 6.46. The minimum atomic E-state index is -0.347. The summed E-state index contributed by atoms with van der Waals surface area (Å²) in [7, 11) is 0. The summed E-state index contributed by atoms with van der Waals surface area (Å²) in [5.41, 5.74) is 5.23. The van der Waals surface area contributed by atoms with Crippen LogP contribution in [0.2, 0.25) is 0 Å². The predicted octanol–water partition coefficient (Wildman–Crippen LogP) is 5.18. The Labute approximate surface area is 206 Å². The van der Waals surface area contributed by atoms with Gasteiger partial charge in [-0.15, -0.1) is 0 Å². The zero-order valence-electron chi connectivity index (χ0n) is 16.1. The summed E-state index contributed by atoms with van der Waals surface area (Å²) in [5, 5.41) is 13.3. The van der Waals surface area contributed by atoms with Crippen LogP contribution in [0.15, 0.2) is 65.8 Å². The summed E-state index contributed by atoms with van der Waals surface area (Å²) in [5.74, 6) is -0.0423. The number of ether oxygens (including phenoxy) is 1. The van der Waals surface area contributed by atoms with Crippen LogP contribution in [0.4, 0.5) is 4.39 Å². The lowest BCUT2D eigenvalue weighted by Crippen LogP contribution is -2.19. The van der Waals surface area contributed by atoms with Gasteiger partial charge in [0.05, 0.1) is 27.8 Å². The smallest absolute Gasteiger partial charge is 0.244 e. The van der Waals surface area contributed by atoms with Gasteiger partial charge in [0.2, 0.25) is 5.91 Å². The molecular formula is C23H16FI2N3O2. The van der Waals surface area contributed by atoms with Gasteiger partial charge in [0, 0.05) is 14.7 Å². The van der Waals surface area contributed by atoms with Gasteiger partial charge in [0.15, 0.2) is 0 Å². The zero-order chi connectivity index (χ0) is 22.2. The maximum atomic E-state index is 13.0. The summed E-state index contributed by atoms with van der Waals surface area (Å²) in [4.78, 5) is 12.1. The first-order valence-corrected chi connectivity index (χ1v) is 11.3. The predicted molar refractivity (Wildman–Crippen MR) is 133 cm³/mol. The first-order valence-electron chi connectivity index (χ1n) is 9.12. The third kappa shape index (κ3) is 6.73. The number of benzene rings is 3. The Hall–Kier alpha value is -2.52.